The zero-order valence-electron chi connectivity index (χ0n) is 19.9. The number of likely N-dealkylation sites (tertiary alicyclic amines) is 1. The first kappa shape index (κ1) is 22.5. The number of aliphatic hydroxyl groups is 1. The molecule has 0 unspecified atom stereocenters. The average molecular weight is 459 g/mol. The zero-order valence-corrected chi connectivity index (χ0v) is 19.9. The lowest BCUT2D eigenvalue weighted by atomic mass is 9.40. The number of hydrogen-bond donors (Lipinski definition) is 4. The van der Waals surface area contributed by atoms with Crippen molar-refractivity contribution in [2.45, 2.75) is 44.4 Å². The molecule has 8 nitrogen and oxygen atoms in total. The molecule has 4 N–H and O–H groups in total. The predicted molar refractivity (Wildman–Crippen MR) is 122 cm³/mol. The average Bonchev–Trinajstić information content (AvgIpc) is 3.22. The highest BCUT2D eigenvalue weighted by atomic mass is 16.5. The third kappa shape index (κ3) is 2.12. The molecule has 8 heteroatoms. The number of phenols is 2. The van der Waals surface area contributed by atoms with Crippen molar-refractivity contribution in [3.8, 4) is 11.5 Å². The number of anilines is 1. The van der Waals surface area contributed by atoms with Crippen molar-refractivity contribution in [1.29, 1.82) is 0 Å². The highest BCUT2D eigenvalue weighted by Gasteiger charge is 2.85. The highest BCUT2D eigenvalue weighted by molar-refractivity contribution is 5.87. The van der Waals surface area contributed by atoms with Crippen LogP contribution in [0.5, 0.6) is 11.5 Å². The molecule has 3 aliphatic heterocycles. The largest absolute Gasteiger partial charge is 0.508 e. The topological polar surface area (TPSA) is 114 Å². The minimum atomic E-state index is -1.45. The van der Waals surface area contributed by atoms with E-state index in [0.29, 0.717) is 30.8 Å². The summed E-state index contributed by atoms with van der Waals surface area (Å²) in [5.74, 6) is -1.96. The zero-order chi connectivity index (χ0) is 24.1. The SMILES string of the molecule is CC=C1COC[C@@]2(C(=O)O)[C@H]1[C@@H](C(C)C)[C@H](O)[C@]13N(C)CC[C@@]12c1c(O)ccc(O)c1N3C. The van der Waals surface area contributed by atoms with Crippen LogP contribution in [0.15, 0.2) is 23.8 Å². The van der Waals surface area contributed by atoms with Gasteiger partial charge in [0.2, 0.25) is 0 Å². The van der Waals surface area contributed by atoms with Crippen LogP contribution in [0.25, 0.3) is 0 Å². The van der Waals surface area contributed by atoms with Crippen LogP contribution in [-0.4, -0.2) is 76.9 Å². The van der Waals surface area contributed by atoms with Crippen molar-refractivity contribution in [3.05, 3.63) is 29.3 Å². The van der Waals surface area contributed by atoms with Gasteiger partial charge in [0.1, 0.15) is 22.6 Å². The van der Waals surface area contributed by atoms with Crippen LogP contribution in [-0.2, 0) is 14.9 Å². The second-order valence-electron chi connectivity index (χ2n) is 10.6. The van der Waals surface area contributed by atoms with E-state index in [9.17, 15) is 25.2 Å². The number of benzene rings is 1. The molecule has 1 saturated carbocycles. The van der Waals surface area contributed by atoms with Crippen LogP contribution in [0.4, 0.5) is 5.69 Å². The summed E-state index contributed by atoms with van der Waals surface area (Å²) in [6.45, 7) is 6.77. The van der Waals surface area contributed by atoms with Gasteiger partial charge >= 0.3 is 5.97 Å². The second-order valence-corrected chi connectivity index (χ2v) is 10.6. The Morgan fingerprint density at radius 2 is 1.91 bits per heavy atom. The molecule has 0 bridgehead atoms. The van der Waals surface area contributed by atoms with Crippen molar-refractivity contribution in [1.82, 2.24) is 4.90 Å². The molecule has 0 radical (unpaired) electrons. The fraction of sp³-hybridized carbons (Fsp3) is 0.640. The summed E-state index contributed by atoms with van der Waals surface area (Å²) in [7, 11) is 3.69. The number of ether oxygens (including phenoxy) is 1. The van der Waals surface area contributed by atoms with Crippen molar-refractivity contribution in [2.75, 3.05) is 38.8 Å². The molecule has 2 saturated heterocycles. The molecular weight excluding hydrogens is 424 g/mol. The van der Waals surface area contributed by atoms with Gasteiger partial charge in [-0.3, -0.25) is 9.69 Å². The van der Waals surface area contributed by atoms with Gasteiger partial charge in [0, 0.05) is 25.1 Å². The Morgan fingerprint density at radius 1 is 1.24 bits per heavy atom. The molecule has 1 aromatic carbocycles. The minimum absolute atomic E-state index is 0.0162. The van der Waals surface area contributed by atoms with E-state index in [-0.39, 0.29) is 29.9 Å². The minimum Gasteiger partial charge on any atom is -0.508 e. The number of nitrogens with zero attached hydrogens (tertiary/aromatic N) is 2. The van der Waals surface area contributed by atoms with Crippen molar-refractivity contribution in [3.63, 3.8) is 0 Å². The van der Waals surface area contributed by atoms with Gasteiger partial charge in [-0.05, 0) is 49.9 Å². The number of aliphatic hydroxyl groups excluding tert-OH is 1. The molecular formula is C25H34N2O6. The fourth-order valence-corrected chi connectivity index (χ4v) is 8.45. The van der Waals surface area contributed by atoms with Crippen LogP contribution < -0.4 is 4.90 Å². The van der Waals surface area contributed by atoms with E-state index in [4.69, 9.17) is 4.74 Å². The Morgan fingerprint density at radius 3 is 2.52 bits per heavy atom. The van der Waals surface area contributed by atoms with E-state index in [1.807, 2.05) is 43.7 Å². The van der Waals surface area contributed by atoms with Gasteiger partial charge in [-0.2, -0.15) is 0 Å². The van der Waals surface area contributed by atoms with E-state index < -0.39 is 34.5 Å². The number of carbonyl (C=O) groups is 1. The van der Waals surface area contributed by atoms with Crippen molar-refractivity contribution >= 4 is 11.7 Å². The number of aromatic hydroxyl groups is 2. The summed E-state index contributed by atoms with van der Waals surface area (Å²) in [6, 6.07) is 2.86. The number of likely N-dealkylation sites (N-methyl/N-ethyl adjacent to an activating group) is 2. The number of carboxylic acids is 1. The maximum Gasteiger partial charge on any atom is 0.313 e. The molecule has 5 rings (SSSR count). The molecule has 1 aliphatic carbocycles. The number of fused-ring (bicyclic) bond motifs is 2. The van der Waals surface area contributed by atoms with Gasteiger partial charge in [0.15, 0.2) is 0 Å². The molecule has 4 aliphatic rings. The summed E-state index contributed by atoms with van der Waals surface area (Å²) >= 11 is 0. The van der Waals surface area contributed by atoms with Crippen LogP contribution in [0, 0.1) is 23.2 Å². The normalized spacial score (nSPS) is 41.1. The quantitative estimate of drug-likeness (QED) is 0.394. The van der Waals surface area contributed by atoms with Crippen LogP contribution in [0.2, 0.25) is 0 Å². The smallest absolute Gasteiger partial charge is 0.313 e. The Bertz CT molecular complexity index is 1060. The molecule has 6 atom stereocenters. The van der Waals surface area contributed by atoms with Gasteiger partial charge in [-0.25, -0.2) is 0 Å². The molecule has 1 aromatic rings. The lowest BCUT2D eigenvalue weighted by Crippen LogP contribution is -2.82. The molecule has 3 fully saturated rings. The van der Waals surface area contributed by atoms with Crippen LogP contribution >= 0.6 is 0 Å². The van der Waals surface area contributed by atoms with Crippen LogP contribution in [0.1, 0.15) is 32.8 Å². The number of hydrogen-bond acceptors (Lipinski definition) is 7. The van der Waals surface area contributed by atoms with E-state index in [1.54, 1.807) is 7.05 Å². The Kier molecular flexibility index (Phi) is 4.68. The lowest BCUT2D eigenvalue weighted by molar-refractivity contribution is -0.222. The second kappa shape index (κ2) is 6.87. The standard InChI is InChI=1S/C25H34N2O6/c1-6-14-11-33-12-23(22(31)32)18(14)17(13(2)3)21(30)25-24(23,9-10-26(25)4)19-15(28)7-8-16(29)20(19)27(25)5/h6-8,13,17-18,21,28-30H,9-12H2,1-5H3,(H,31,32)/t17-,18-,21+,23+,24+,25-/m1/s1. The van der Waals surface area contributed by atoms with Crippen LogP contribution in [0.3, 0.4) is 0 Å². The van der Waals surface area contributed by atoms with Gasteiger partial charge in [0.25, 0.3) is 0 Å². The third-order valence-electron chi connectivity index (χ3n) is 9.42. The molecule has 33 heavy (non-hydrogen) atoms. The summed E-state index contributed by atoms with van der Waals surface area (Å²) in [4.78, 5) is 17.4. The number of rotatable bonds is 2. The molecule has 0 spiro atoms. The maximum atomic E-state index is 13.6. The van der Waals surface area contributed by atoms with E-state index in [0.717, 1.165) is 5.57 Å². The Labute approximate surface area is 194 Å². The molecule has 3 heterocycles. The van der Waals surface area contributed by atoms with E-state index in [1.165, 1.54) is 12.1 Å². The first-order valence-electron chi connectivity index (χ1n) is 11.7. The summed E-state index contributed by atoms with van der Waals surface area (Å²) in [5, 5.41) is 45.6. The van der Waals surface area contributed by atoms with Gasteiger partial charge in [-0.15, -0.1) is 0 Å². The maximum absolute atomic E-state index is 13.6. The highest BCUT2D eigenvalue weighted by Crippen LogP contribution is 2.76. The Hall–Kier alpha value is -2.29. The number of aliphatic carboxylic acids is 1. The Balaban J connectivity index is 2.00. The summed E-state index contributed by atoms with van der Waals surface area (Å²) < 4.78 is 6.02. The molecule has 180 valence electrons. The molecule has 0 aromatic heterocycles. The number of phenolic OH excluding ortho intramolecular Hbond substituents is 2. The number of allylic oxidation sites excluding steroid dienone is 1. The summed E-state index contributed by atoms with van der Waals surface area (Å²) in [5.41, 5.74) is -2.17. The monoisotopic (exact) mass is 458 g/mol. The molecule has 0 amide bonds. The van der Waals surface area contributed by atoms with Gasteiger partial charge < -0.3 is 30.1 Å². The van der Waals surface area contributed by atoms with Gasteiger partial charge in [-0.1, -0.05) is 19.9 Å². The van der Waals surface area contributed by atoms with E-state index >= 15 is 0 Å². The number of carboxylic acid groups (broad SMARTS) is 1. The van der Waals surface area contributed by atoms with Crippen molar-refractivity contribution in [2.24, 2.45) is 23.2 Å². The fourth-order valence-electron chi connectivity index (χ4n) is 8.45. The first-order valence-corrected chi connectivity index (χ1v) is 11.7. The van der Waals surface area contributed by atoms with E-state index in [2.05, 4.69) is 0 Å². The predicted octanol–water partition coefficient (Wildman–Crippen LogP) is 2.13. The third-order valence-corrected chi connectivity index (χ3v) is 9.42. The first-order chi connectivity index (χ1) is 15.6. The summed E-state index contributed by atoms with van der Waals surface area (Å²) in [6.07, 6.45) is 1.39. The van der Waals surface area contributed by atoms with Gasteiger partial charge in [0.05, 0.1) is 30.4 Å². The lowest BCUT2D eigenvalue weighted by Gasteiger charge is -2.67. The van der Waals surface area contributed by atoms with Crippen molar-refractivity contribution < 1.29 is 30.0 Å².